The third-order valence-electron chi connectivity index (χ3n) is 5.43. The number of phenols is 1. The zero-order valence-electron chi connectivity index (χ0n) is 18.5. The van der Waals surface area contributed by atoms with Crippen molar-refractivity contribution in [3.05, 3.63) is 58.9 Å². The number of aromatic hydroxyl groups is 1. The lowest BCUT2D eigenvalue weighted by molar-refractivity contribution is -0.139. The van der Waals surface area contributed by atoms with Gasteiger partial charge in [-0.25, -0.2) is 0 Å². The van der Waals surface area contributed by atoms with Gasteiger partial charge in [-0.3, -0.25) is 0 Å². The highest BCUT2D eigenvalue weighted by Crippen LogP contribution is 2.40. The molecule has 4 nitrogen and oxygen atoms in total. The van der Waals surface area contributed by atoms with Crippen LogP contribution in [0.5, 0.6) is 11.5 Å². The van der Waals surface area contributed by atoms with Gasteiger partial charge >= 0.3 is 12.4 Å². The number of rotatable bonds is 1. The van der Waals surface area contributed by atoms with E-state index in [0.717, 1.165) is 34.7 Å². The van der Waals surface area contributed by atoms with Gasteiger partial charge in [0.1, 0.15) is 11.5 Å². The standard InChI is InChI=1S/C12H12F3NO.C11H10F3NO/c1-7-6-16(2)10-5-9(12(13,14)15)11(17-3)4-8(7)10;1-6-5-15(2)9-4-8(11(12,13)14)10(16)3-7(6)9/h4-6H,1-3H3;3-5,16H,1-2H3. The van der Waals surface area contributed by atoms with Crippen molar-refractivity contribution in [3.63, 3.8) is 0 Å². The summed E-state index contributed by atoms with van der Waals surface area (Å²) in [5.41, 5.74) is 1.03. The van der Waals surface area contributed by atoms with Crippen LogP contribution in [0.1, 0.15) is 22.3 Å². The Morgan fingerprint density at radius 1 is 0.727 bits per heavy atom. The van der Waals surface area contributed by atoms with Gasteiger partial charge < -0.3 is 19.0 Å². The summed E-state index contributed by atoms with van der Waals surface area (Å²) < 4.78 is 84.2. The van der Waals surface area contributed by atoms with E-state index in [1.807, 2.05) is 6.92 Å². The number of fused-ring (bicyclic) bond motifs is 2. The molecule has 0 aliphatic heterocycles. The number of halogens is 6. The van der Waals surface area contributed by atoms with Crippen molar-refractivity contribution in [1.82, 2.24) is 9.13 Å². The number of ether oxygens (including phenoxy) is 1. The summed E-state index contributed by atoms with van der Waals surface area (Å²) in [6.07, 6.45) is -5.41. The Morgan fingerprint density at radius 2 is 1.15 bits per heavy atom. The van der Waals surface area contributed by atoms with Crippen LogP contribution in [0.2, 0.25) is 0 Å². The van der Waals surface area contributed by atoms with E-state index in [9.17, 15) is 31.4 Å². The maximum absolute atomic E-state index is 12.8. The lowest BCUT2D eigenvalue weighted by Crippen LogP contribution is -2.07. The summed E-state index contributed by atoms with van der Waals surface area (Å²) in [5, 5.41) is 10.8. The van der Waals surface area contributed by atoms with E-state index in [2.05, 4.69) is 0 Å². The minimum Gasteiger partial charge on any atom is -0.507 e. The number of nitrogens with zero attached hydrogens (tertiary/aromatic N) is 2. The number of methoxy groups -OCH3 is 1. The number of alkyl halides is 6. The summed E-state index contributed by atoms with van der Waals surface area (Å²) >= 11 is 0. The molecule has 2 heterocycles. The van der Waals surface area contributed by atoms with E-state index >= 15 is 0 Å². The van der Waals surface area contributed by atoms with Gasteiger partial charge in [-0.2, -0.15) is 26.3 Å². The maximum atomic E-state index is 12.8. The monoisotopic (exact) mass is 472 g/mol. The van der Waals surface area contributed by atoms with E-state index in [0.29, 0.717) is 16.4 Å². The van der Waals surface area contributed by atoms with Crippen LogP contribution in [0.3, 0.4) is 0 Å². The van der Waals surface area contributed by atoms with Crippen molar-refractivity contribution < 1.29 is 36.2 Å². The molecule has 0 spiro atoms. The first-order valence-electron chi connectivity index (χ1n) is 9.71. The molecule has 0 saturated heterocycles. The summed E-state index contributed by atoms with van der Waals surface area (Å²) in [6, 6.07) is 4.69. The quantitative estimate of drug-likeness (QED) is 0.312. The Hall–Kier alpha value is -3.30. The van der Waals surface area contributed by atoms with E-state index in [1.165, 1.54) is 13.2 Å². The predicted octanol–water partition coefficient (Wildman–Crippen LogP) is 6.73. The normalized spacial score (nSPS) is 12.2. The molecule has 0 fully saturated rings. The molecular weight excluding hydrogens is 450 g/mol. The Kier molecular flexibility index (Phi) is 6.08. The average molecular weight is 472 g/mol. The number of hydrogen-bond donors (Lipinski definition) is 1. The van der Waals surface area contributed by atoms with Crippen LogP contribution in [0.15, 0.2) is 36.7 Å². The fraction of sp³-hybridized carbons (Fsp3) is 0.304. The number of hydrogen-bond acceptors (Lipinski definition) is 2. The van der Waals surface area contributed by atoms with Crippen LogP contribution >= 0.6 is 0 Å². The third kappa shape index (κ3) is 4.60. The molecule has 178 valence electrons. The average Bonchev–Trinajstić information content (AvgIpc) is 3.13. The molecular formula is C23H22F6N2O2. The highest BCUT2D eigenvalue weighted by molar-refractivity contribution is 5.87. The molecule has 2 aromatic carbocycles. The number of aryl methyl sites for hydroxylation is 4. The third-order valence-corrected chi connectivity index (χ3v) is 5.43. The molecule has 0 amide bonds. The van der Waals surface area contributed by atoms with Crippen LogP contribution in [0.25, 0.3) is 21.8 Å². The van der Waals surface area contributed by atoms with Crippen molar-refractivity contribution in [3.8, 4) is 11.5 Å². The highest BCUT2D eigenvalue weighted by Gasteiger charge is 2.35. The molecule has 4 aromatic rings. The smallest absolute Gasteiger partial charge is 0.420 e. The fourth-order valence-corrected chi connectivity index (χ4v) is 3.84. The van der Waals surface area contributed by atoms with Gasteiger partial charge in [0.05, 0.1) is 18.2 Å². The van der Waals surface area contributed by atoms with E-state index in [-0.39, 0.29) is 5.75 Å². The molecule has 0 aliphatic carbocycles. The molecule has 0 radical (unpaired) electrons. The molecule has 33 heavy (non-hydrogen) atoms. The molecule has 4 rings (SSSR count). The van der Waals surface area contributed by atoms with Crippen molar-refractivity contribution in [2.45, 2.75) is 26.2 Å². The predicted molar refractivity (Wildman–Crippen MR) is 114 cm³/mol. The second kappa shape index (κ2) is 8.24. The first-order valence-corrected chi connectivity index (χ1v) is 9.71. The van der Waals surface area contributed by atoms with Crippen molar-refractivity contribution in [2.24, 2.45) is 14.1 Å². The van der Waals surface area contributed by atoms with Crippen molar-refractivity contribution >= 4 is 21.8 Å². The van der Waals surface area contributed by atoms with Crippen LogP contribution in [0, 0.1) is 13.8 Å². The molecule has 2 aromatic heterocycles. The molecule has 0 atom stereocenters. The Balaban J connectivity index is 0.000000186. The van der Waals surface area contributed by atoms with E-state index in [1.54, 1.807) is 42.5 Å². The first kappa shape index (κ1) is 24.3. The fourth-order valence-electron chi connectivity index (χ4n) is 3.84. The lowest BCUT2D eigenvalue weighted by atomic mass is 10.1. The van der Waals surface area contributed by atoms with Gasteiger partial charge in [0.15, 0.2) is 0 Å². The Morgan fingerprint density at radius 3 is 1.58 bits per heavy atom. The summed E-state index contributed by atoms with van der Waals surface area (Å²) in [6.45, 7) is 3.64. The van der Waals surface area contributed by atoms with Gasteiger partial charge in [0.2, 0.25) is 0 Å². The lowest BCUT2D eigenvalue weighted by Gasteiger charge is -2.12. The molecule has 0 bridgehead atoms. The number of phenolic OH excluding ortho intramolecular Hbond substituents is 1. The Bertz CT molecular complexity index is 1330. The van der Waals surface area contributed by atoms with Crippen molar-refractivity contribution in [1.29, 1.82) is 0 Å². The summed E-state index contributed by atoms with van der Waals surface area (Å²) in [7, 11) is 4.64. The van der Waals surface area contributed by atoms with E-state index < -0.39 is 29.2 Å². The van der Waals surface area contributed by atoms with Gasteiger partial charge in [0.25, 0.3) is 0 Å². The largest absolute Gasteiger partial charge is 0.507 e. The molecule has 0 unspecified atom stereocenters. The van der Waals surface area contributed by atoms with Gasteiger partial charge in [-0.1, -0.05) is 0 Å². The molecule has 10 heteroatoms. The minimum absolute atomic E-state index is 0.140. The number of aromatic nitrogens is 2. The molecule has 1 N–H and O–H groups in total. The zero-order chi connectivity index (χ0) is 24.9. The second-order valence-corrected chi connectivity index (χ2v) is 7.80. The molecule has 0 saturated carbocycles. The Labute approximate surface area is 185 Å². The SMILES string of the molecule is COc1cc2c(C)cn(C)c2cc1C(F)(F)F.Cc1cn(C)c2cc(C(F)(F)F)c(O)cc12. The van der Waals surface area contributed by atoms with Crippen LogP contribution < -0.4 is 4.74 Å². The van der Waals surface area contributed by atoms with Crippen LogP contribution in [0.4, 0.5) is 26.3 Å². The van der Waals surface area contributed by atoms with Gasteiger partial charge in [0, 0.05) is 48.3 Å². The van der Waals surface area contributed by atoms with Gasteiger partial charge in [-0.15, -0.1) is 0 Å². The van der Waals surface area contributed by atoms with Gasteiger partial charge in [-0.05, 0) is 49.2 Å². The van der Waals surface area contributed by atoms with E-state index in [4.69, 9.17) is 4.74 Å². The maximum Gasteiger partial charge on any atom is 0.420 e. The summed E-state index contributed by atoms with van der Waals surface area (Å²) in [4.78, 5) is 0. The minimum atomic E-state index is -4.53. The van der Waals surface area contributed by atoms with Crippen LogP contribution in [-0.4, -0.2) is 21.4 Å². The second-order valence-electron chi connectivity index (χ2n) is 7.80. The zero-order valence-corrected chi connectivity index (χ0v) is 18.5. The van der Waals surface area contributed by atoms with Crippen molar-refractivity contribution in [2.75, 3.05) is 7.11 Å². The first-order chi connectivity index (χ1) is 15.1. The van der Waals surface area contributed by atoms with Crippen LogP contribution in [-0.2, 0) is 26.4 Å². The highest BCUT2D eigenvalue weighted by atomic mass is 19.4. The molecule has 0 aliphatic rings. The number of benzene rings is 2. The topological polar surface area (TPSA) is 39.3 Å². The summed E-state index contributed by atoms with van der Waals surface area (Å²) in [5.74, 6) is -0.867.